The Labute approximate surface area is 84.6 Å². The molecule has 0 N–H and O–H groups in total. The zero-order valence-corrected chi connectivity index (χ0v) is 11.2. The van der Waals surface area contributed by atoms with Crippen LogP contribution in [0.1, 0.15) is 25.7 Å². The van der Waals surface area contributed by atoms with Crippen molar-refractivity contribution in [3.8, 4) is 0 Å². The Morgan fingerprint density at radius 3 is 2.15 bits per heavy atom. The van der Waals surface area contributed by atoms with Gasteiger partial charge in [0.1, 0.15) is 0 Å². The average molecular weight is 217 g/mol. The van der Waals surface area contributed by atoms with Gasteiger partial charge in [-0.3, -0.25) is 0 Å². The SMILES string of the molecule is C[Si](OC1CCCC1)O[Si](C)(C)C. The molecule has 0 bridgehead atoms. The summed E-state index contributed by atoms with van der Waals surface area (Å²) in [5, 5.41) is 0. The highest BCUT2D eigenvalue weighted by atomic mass is 28.4. The van der Waals surface area contributed by atoms with Crippen molar-refractivity contribution in [1.82, 2.24) is 0 Å². The highest BCUT2D eigenvalue weighted by molar-refractivity contribution is 6.75. The monoisotopic (exact) mass is 217 g/mol. The summed E-state index contributed by atoms with van der Waals surface area (Å²) in [7, 11) is -2.34. The van der Waals surface area contributed by atoms with Crippen molar-refractivity contribution in [1.29, 1.82) is 0 Å². The second-order valence-electron chi connectivity index (χ2n) is 4.73. The second-order valence-corrected chi connectivity index (χ2v) is 11.0. The third kappa shape index (κ3) is 4.95. The van der Waals surface area contributed by atoms with Gasteiger partial charge in [0.15, 0.2) is 8.32 Å². The number of rotatable bonds is 4. The minimum atomic E-state index is -1.37. The predicted molar refractivity (Wildman–Crippen MR) is 59.4 cm³/mol. The largest absolute Gasteiger partial charge is 0.435 e. The van der Waals surface area contributed by atoms with Gasteiger partial charge in [0.2, 0.25) is 0 Å². The molecule has 1 saturated carbocycles. The topological polar surface area (TPSA) is 18.5 Å². The van der Waals surface area contributed by atoms with Crippen molar-refractivity contribution < 1.29 is 8.54 Å². The van der Waals surface area contributed by atoms with Crippen molar-refractivity contribution in [3.63, 3.8) is 0 Å². The molecule has 1 radical (unpaired) electrons. The van der Waals surface area contributed by atoms with Gasteiger partial charge in [-0.05, 0) is 39.0 Å². The van der Waals surface area contributed by atoms with E-state index in [0.717, 1.165) is 0 Å². The standard InChI is InChI=1S/C9H21O2Si2/c1-12(11-13(2,3)4)10-9-7-5-6-8-9/h9H,5-8H2,1-4H3. The molecule has 1 rings (SSSR count). The molecule has 0 unspecified atom stereocenters. The quantitative estimate of drug-likeness (QED) is 0.674. The van der Waals surface area contributed by atoms with Crippen LogP contribution in [0.25, 0.3) is 0 Å². The minimum Gasteiger partial charge on any atom is -0.435 e. The van der Waals surface area contributed by atoms with Gasteiger partial charge in [0.25, 0.3) is 0 Å². The van der Waals surface area contributed by atoms with E-state index in [2.05, 4.69) is 26.2 Å². The molecule has 1 aliphatic carbocycles. The molecule has 0 atom stereocenters. The van der Waals surface area contributed by atoms with Gasteiger partial charge < -0.3 is 8.54 Å². The first-order valence-electron chi connectivity index (χ1n) is 5.16. The van der Waals surface area contributed by atoms with E-state index in [9.17, 15) is 0 Å². The van der Waals surface area contributed by atoms with Crippen LogP contribution in [0.4, 0.5) is 0 Å². The molecule has 13 heavy (non-hydrogen) atoms. The molecule has 2 nitrogen and oxygen atoms in total. The van der Waals surface area contributed by atoms with E-state index >= 15 is 0 Å². The van der Waals surface area contributed by atoms with Gasteiger partial charge in [-0.15, -0.1) is 0 Å². The van der Waals surface area contributed by atoms with Gasteiger partial charge in [0.05, 0.1) is 0 Å². The maximum Gasteiger partial charge on any atom is 0.370 e. The summed E-state index contributed by atoms with van der Waals surface area (Å²) < 4.78 is 11.8. The maximum absolute atomic E-state index is 5.92. The van der Waals surface area contributed by atoms with E-state index < -0.39 is 17.6 Å². The van der Waals surface area contributed by atoms with Crippen LogP contribution in [0.3, 0.4) is 0 Å². The number of hydrogen-bond donors (Lipinski definition) is 0. The van der Waals surface area contributed by atoms with Gasteiger partial charge in [-0.2, -0.15) is 0 Å². The Hall–Kier alpha value is 0.354. The second kappa shape index (κ2) is 4.73. The smallest absolute Gasteiger partial charge is 0.370 e. The van der Waals surface area contributed by atoms with E-state index in [1.807, 2.05) is 0 Å². The van der Waals surface area contributed by atoms with Crippen LogP contribution < -0.4 is 0 Å². The van der Waals surface area contributed by atoms with Gasteiger partial charge in [0, 0.05) is 6.10 Å². The molecule has 0 aromatic rings. The molecule has 4 heteroatoms. The Kier molecular flexibility index (Phi) is 4.16. The van der Waals surface area contributed by atoms with Crippen LogP contribution in [-0.4, -0.2) is 23.7 Å². The van der Waals surface area contributed by atoms with E-state index in [4.69, 9.17) is 8.54 Å². The van der Waals surface area contributed by atoms with Crippen molar-refractivity contribution in [3.05, 3.63) is 0 Å². The predicted octanol–water partition coefficient (Wildman–Crippen LogP) is 2.92. The molecule has 0 heterocycles. The molecular formula is C9H21O2Si2. The summed E-state index contributed by atoms with van der Waals surface area (Å²) in [5.41, 5.74) is 0. The van der Waals surface area contributed by atoms with E-state index in [-0.39, 0.29) is 0 Å². The lowest BCUT2D eigenvalue weighted by Crippen LogP contribution is -2.36. The zero-order valence-electron chi connectivity index (χ0n) is 9.22. The summed E-state index contributed by atoms with van der Waals surface area (Å²) >= 11 is 0. The molecule has 0 saturated heterocycles. The lowest BCUT2D eigenvalue weighted by atomic mass is 10.3. The van der Waals surface area contributed by atoms with Gasteiger partial charge >= 0.3 is 9.28 Å². The normalized spacial score (nSPS) is 20.1. The third-order valence-corrected chi connectivity index (χ3v) is 6.35. The Morgan fingerprint density at radius 2 is 1.69 bits per heavy atom. The minimum absolute atomic E-state index is 0.509. The maximum atomic E-state index is 5.92. The molecule has 0 amide bonds. The first-order chi connectivity index (χ1) is 5.97. The highest BCUT2D eigenvalue weighted by Crippen LogP contribution is 2.22. The van der Waals surface area contributed by atoms with Crippen LogP contribution in [0.2, 0.25) is 26.2 Å². The summed E-state index contributed by atoms with van der Waals surface area (Å²) in [5.74, 6) is 0. The molecular weight excluding hydrogens is 196 g/mol. The zero-order chi connectivity index (χ0) is 9.90. The van der Waals surface area contributed by atoms with E-state index in [1.165, 1.54) is 25.7 Å². The molecule has 0 aliphatic heterocycles. The van der Waals surface area contributed by atoms with Crippen LogP contribution in [-0.2, 0) is 8.54 Å². The number of hydrogen-bond acceptors (Lipinski definition) is 2. The van der Waals surface area contributed by atoms with E-state index in [0.29, 0.717) is 6.10 Å². The van der Waals surface area contributed by atoms with Crippen molar-refractivity contribution in [2.24, 2.45) is 0 Å². The fourth-order valence-electron chi connectivity index (χ4n) is 1.70. The Balaban J connectivity index is 2.20. The van der Waals surface area contributed by atoms with Crippen LogP contribution in [0.5, 0.6) is 0 Å². The summed E-state index contributed by atoms with van der Waals surface area (Å²) in [6.45, 7) is 8.79. The Bertz CT molecular complexity index is 150. The fourth-order valence-corrected chi connectivity index (χ4v) is 6.04. The summed E-state index contributed by atoms with van der Waals surface area (Å²) in [6.07, 6.45) is 5.68. The molecule has 0 spiro atoms. The molecule has 77 valence electrons. The lowest BCUT2D eigenvalue weighted by molar-refractivity contribution is 0.178. The molecule has 1 aliphatic rings. The van der Waals surface area contributed by atoms with Crippen LogP contribution >= 0.6 is 0 Å². The van der Waals surface area contributed by atoms with Crippen molar-refractivity contribution in [2.45, 2.75) is 58.0 Å². The molecule has 0 aromatic heterocycles. The van der Waals surface area contributed by atoms with E-state index in [1.54, 1.807) is 0 Å². The summed E-state index contributed by atoms with van der Waals surface area (Å²) in [6, 6.07) is 0. The summed E-state index contributed by atoms with van der Waals surface area (Å²) in [4.78, 5) is 0. The molecule has 1 fully saturated rings. The first-order valence-corrected chi connectivity index (χ1v) is 10.4. The van der Waals surface area contributed by atoms with Crippen molar-refractivity contribution in [2.75, 3.05) is 0 Å². The molecule has 0 aromatic carbocycles. The van der Waals surface area contributed by atoms with Crippen molar-refractivity contribution >= 4 is 17.6 Å². The highest BCUT2D eigenvalue weighted by Gasteiger charge is 2.25. The third-order valence-electron chi connectivity index (χ3n) is 2.08. The van der Waals surface area contributed by atoms with Gasteiger partial charge in [-0.25, -0.2) is 0 Å². The van der Waals surface area contributed by atoms with Gasteiger partial charge in [-0.1, -0.05) is 12.8 Å². The van der Waals surface area contributed by atoms with Crippen LogP contribution in [0, 0.1) is 0 Å². The first kappa shape index (κ1) is 11.4. The lowest BCUT2D eigenvalue weighted by Gasteiger charge is -2.24. The van der Waals surface area contributed by atoms with Crippen LogP contribution in [0.15, 0.2) is 0 Å². The fraction of sp³-hybridized carbons (Fsp3) is 1.00. The average Bonchev–Trinajstić information content (AvgIpc) is 2.34. The Morgan fingerprint density at radius 1 is 1.15 bits per heavy atom.